The maximum absolute atomic E-state index is 8.79. The first-order valence-corrected chi connectivity index (χ1v) is 8.72. The lowest BCUT2D eigenvalue weighted by molar-refractivity contribution is 0.101. The number of hydrogen-bond donors (Lipinski definition) is 0. The van der Waals surface area contributed by atoms with Crippen molar-refractivity contribution >= 4 is 0 Å². The van der Waals surface area contributed by atoms with Gasteiger partial charge in [0.1, 0.15) is 11.5 Å². The molecule has 0 aromatic heterocycles. The van der Waals surface area contributed by atoms with E-state index in [1.165, 1.54) is 0 Å². The lowest BCUT2D eigenvalue weighted by atomic mass is 10.0. The molecule has 5 heteroatoms. The summed E-state index contributed by atoms with van der Waals surface area (Å²) >= 11 is 0. The van der Waals surface area contributed by atoms with Crippen LogP contribution in [0.3, 0.4) is 0 Å². The Bertz CT molecular complexity index is 744. The Kier molecular flexibility index (Phi) is 6.48. The van der Waals surface area contributed by atoms with Crippen LogP contribution in [0.5, 0.6) is 11.5 Å². The monoisotopic (exact) mass is 353 g/mol. The van der Waals surface area contributed by atoms with E-state index in [0.717, 1.165) is 28.2 Å². The van der Waals surface area contributed by atoms with Crippen LogP contribution in [0, 0.1) is 17.2 Å². The fourth-order valence-electron chi connectivity index (χ4n) is 2.82. The van der Waals surface area contributed by atoms with E-state index < -0.39 is 0 Å². The highest BCUT2D eigenvalue weighted by molar-refractivity contribution is 5.67. The maximum atomic E-state index is 8.79. The van der Waals surface area contributed by atoms with Gasteiger partial charge in [0.05, 0.1) is 52.6 Å². The van der Waals surface area contributed by atoms with Crippen LogP contribution >= 0.6 is 0 Å². The summed E-state index contributed by atoms with van der Waals surface area (Å²) in [6.45, 7) is 3.12. The molecule has 1 aliphatic rings. The molecule has 5 nitrogen and oxygen atoms in total. The predicted octanol–water partition coefficient (Wildman–Crippen LogP) is 3.47. The largest absolute Gasteiger partial charge is 0.497 e. The van der Waals surface area contributed by atoms with E-state index in [4.69, 9.17) is 24.2 Å². The van der Waals surface area contributed by atoms with Gasteiger partial charge in [0.2, 0.25) is 0 Å². The van der Waals surface area contributed by atoms with Crippen molar-refractivity contribution in [2.75, 3.05) is 40.1 Å². The van der Waals surface area contributed by atoms with Crippen molar-refractivity contribution in [3.63, 3.8) is 0 Å². The van der Waals surface area contributed by atoms with Crippen LogP contribution in [0.15, 0.2) is 42.5 Å². The minimum absolute atomic E-state index is 0.220. The molecule has 1 fully saturated rings. The van der Waals surface area contributed by atoms with Gasteiger partial charge in [-0.15, -0.1) is 0 Å². The van der Waals surface area contributed by atoms with Crippen LogP contribution in [-0.2, 0) is 15.9 Å². The van der Waals surface area contributed by atoms with Crippen LogP contribution in [0.25, 0.3) is 11.1 Å². The van der Waals surface area contributed by atoms with E-state index in [9.17, 15) is 0 Å². The number of rotatable bonds is 6. The molecule has 1 aliphatic heterocycles. The number of methoxy groups -OCH3 is 1. The van der Waals surface area contributed by atoms with Crippen LogP contribution < -0.4 is 9.47 Å². The van der Waals surface area contributed by atoms with E-state index in [0.29, 0.717) is 39.5 Å². The third-order valence-electron chi connectivity index (χ3n) is 4.25. The molecular formula is C21H23NO4. The summed E-state index contributed by atoms with van der Waals surface area (Å²) in [5, 5.41) is 8.79. The molecule has 0 atom stereocenters. The second-order valence-corrected chi connectivity index (χ2v) is 6.26. The molecule has 0 spiro atoms. The summed E-state index contributed by atoms with van der Waals surface area (Å²) in [5.74, 6) is 1.72. The third-order valence-corrected chi connectivity index (χ3v) is 4.25. The average Bonchev–Trinajstić information content (AvgIpc) is 2.96. The third kappa shape index (κ3) is 4.98. The number of ether oxygens (including phenoxy) is 4. The molecule has 3 rings (SSSR count). The highest BCUT2D eigenvalue weighted by atomic mass is 16.5. The highest BCUT2D eigenvalue weighted by Crippen LogP contribution is 2.30. The van der Waals surface area contributed by atoms with Crippen LogP contribution in [-0.4, -0.2) is 40.1 Å². The first-order chi connectivity index (χ1) is 12.8. The Balaban J connectivity index is 1.74. The molecule has 2 aromatic rings. The predicted molar refractivity (Wildman–Crippen MR) is 98.4 cm³/mol. The zero-order chi connectivity index (χ0) is 18.2. The SMILES string of the molecule is COc1cc(OCC2COCCOC2)cc(-c2ccc(CC#N)cc2)c1. The van der Waals surface area contributed by atoms with Crippen molar-refractivity contribution in [3.8, 4) is 28.7 Å². The quantitative estimate of drug-likeness (QED) is 0.796. The first kappa shape index (κ1) is 18.2. The van der Waals surface area contributed by atoms with Crippen LogP contribution in [0.2, 0.25) is 0 Å². The zero-order valence-corrected chi connectivity index (χ0v) is 14.9. The molecule has 2 aromatic carbocycles. The molecule has 0 unspecified atom stereocenters. The Morgan fingerprint density at radius 2 is 1.69 bits per heavy atom. The summed E-state index contributed by atoms with van der Waals surface area (Å²) < 4.78 is 22.4. The zero-order valence-electron chi connectivity index (χ0n) is 14.9. The highest BCUT2D eigenvalue weighted by Gasteiger charge is 2.14. The van der Waals surface area contributed by atoms with Gasteiger partial charge in [-0.3, -0.25) is 0 Å². The van der Waals surface area contributed by atoms with Gasteiger partial charge in [0, 0.05) is 12.0 Å². The number of hydrogen-bond acceptors (Lipinski definition) is 5. The van der Waals surface area contributed by atoms with Crippen molar-refractivity contribution in [1.29, 1.82) is 5.26 Å². The standard InChI is InChI=1S/C21H23NO4/c1-23-20-10-19(18-4-2-16(3-5-18)6-7-22)11-21(12-20)26-15-17-13-24-8-9-25-14-17/h2-5,10-12,17H,6,8-9,13-15H2,1H3. The van der Waals surface area contributed by atoms with Crippen molar-refractivity contribution in [1.82, 2.24) is 0 Å². The molecule has 0 aliphatic carbocycles. The summed E-state index contributed by atoms with van der Waals surface area (Å²) in [6, 6.07) is 16.0. The topological polar surface area (TPSA) is 60.7 Å². The van der Waals surface area contributed by atoms with Crippen molar-refractivity contribution in [2.24, 2.45) is 5.92 Å². The summed E-state index contributed by atoms with van der Waals surface area (Å²) in [4.78, 5) is 0. The van der Waals surface area contributed by atoms with Gasteiger partial charge in [-0.1, -0.05) is 24.3 Å². The number of benzene rings is 2. The van der Waals surface area contributed by atoms with Gasteiger partial charge in [-0.25, -0.2) is 0 Å². The molecule has 0 amide bonds. The van der Waals surface area contributed by atoms with E-state index >= 15 is 0 Å². The van der Waals surface area contributed by atoms with Gasteiger partial charge < -0.3 is 18.9 Å². The van der Waals surface area contributed by atoms with Gasteiger partial charge in [0.25, 0.3) is 0 Å². The van der Waals surface area contributed by atoms with Gasteiger partial charge in [-0.2, -0.15) is 5.26 Å². The van der Waals surface area contributed by atoms with Crippen molar-refractivity contribution in [3.05, 3.63) is 48.0 Å². The van der Waals surface area contributed by atoms with E-state index in [-0.39, 0.29) is 5.92 Å². The van der Waals surface area contributed by atoms with Crippen molar-refractivity contribution < 1.29 is 18.9 Å². The van der Waals surface area contributed by atoms with E-state index in [2.05, 4.69) is 6.07 Å². The van der Waals surface area contributed by atoms with E-state index in [1.807, 2.05) is 42.5 Å². The molecular weight excluding hydrogens is 330 g/mol. The number of nitriles is 1. The summed E-state index contributed by atoms with van der Waals surface area (Å²) in [7, 11) is 1.64. The lowest BCUT2D eigenvalue weighted by Crippen LogP contribution is -2.20. The maximum Gasteiger partial charge on any atom is 0.123 e. The minimum atomic E-state index is 0.220. The molecule has 1 heterocycles. The first-order valence-electron chi connectivity index (χ1n) is 8.72. The minimum Gasteiger partial charge on any atom is -0.497 e. The lowest BCUT2D eigenvalue weighted by Gasteiger charge is -2.16. The fourth-order valence-corrected chi connectivity index (χ4v) is 2.82. The Morgan fingerprint density at radius 3 is 2.35 bits per heavy atom. The molecule has 1 saturated heterocycles. The normalized spacial score (nSPS) is 15.1. The van der Waals surface area contributed by atoms with Crippen LogP contribution in [0.4, 0.5) is 0 Å². The van der Waals surface area contributed by atoms with Crippen LogP contribution in [0.1, 0.15) is 5.56 Å². The molecule has 0 saturated carbocycles. The average molecular weight is 353 g/mol. The second kappa shape index (κ2) is 9.23. The molecule has 26 heavy (non-hydrogen) atoms. The summed E-state index contributed by atoms with van der Waals surface area (Å²) in [6.07, 6.45) is 0.415. The molecule has 0 bridgehead atoms. The Labute approximate surface area is 154 Å². The van der Waals surface area contributed by atoms with Crippen molar-refractivity contribution in [2.45, 2.75) is 6.42 Å². The smallest absolute Gasteiger partial charge is 0.123 e. The van der Waals surface area contributed by atoms with E-state index in [1.54, 1.807) is 7.11 Å². The summed E-state index contributed by atoms with van der Waals surface area (Å²) in [5.41, 5.74) is 3.07. The molecule has 136 valence electrons. The van der Waals surface area contributed by atoms with Gasteiger partial charge in [0.15, 0.2) is 0 Å². The van der Waals surface area contributed by atoms with Gasteiger partial charge >= 0.3 is 0 Å². The second-order valence-electron chi connectivity index (χ2n) is 6.26. The molecule has 0 radical (unpaired) electrons. The Morgan fingerprint density at radius 1 is 1.00 bits per heavy atom. The number of nitrogens with zero attached hydrogens (tertiary/aromatic N) is 1. The fraction of sp³-hybridized carbons (Fsp3) is 0.381. The van der Waals surface area contributed by atoms with Gasteiger partial charge in [-0.05, 0) is 28.8 Å². The molecule has 0 N–H and O–H groups in total. The Hall–Kier alpha value is -2.55.